The molecule has 1 amide bonds. The highest BCUT2D eigenvalue weighted by molar-refractivity contribution is 5.97. The molecule has 0 atom stereocenters. The zero-order chi connectivity index (χ0) is 14.4. The molecule has 0 heterocycles. The zero-order valence-electron chi connectivity index (χ0n) is 11.2. The van der Waals surface area contributed by atoms with Crippen molar-refractivity contribution in [2.45, 2.75) is 31.7 Å². The lowest BCUT2D eigenvalue weighted by Crippen LogP contribution is -2.33. The molecule has 0 aromatic heterocycles. The molecule has 1 aliphatic rings. The lowest BCUT2D eigenvalue weighted by atomic mass is 10.2. The second kappa shape index (κ2) is 6.62. The van der Waals surface area contributed by atoms with E-state index in [1.54, 1.807) is 24.3 Å². The Morgan fingerprint density at radius 1 is 1.30 bits per heavy atom. The second-order valence-corrected chi connectivity index (χ2v) is 4.89. The molecule has 0 unspecified atom stereocenters. The van der Waals surface area contributed by atoms with Gasteiger partial charge in [0.2, 0.25) is 0 Å². The average molecular weight is 270 g/mol. The van der Waals surface area contributed by atoms with Gasteiger partial charge in [-0.3, -0.25) is 4.79 Å². The molecule has 4 N–H and O–H groups in total. The van der Waals surface area contributed by atoms with Gasteiger partial charge in [0.15, 0.2) is 0 Å². The number of carbonyl (C=O) groups excluding carboxylic acids is 1. The molecule has 1 aromatic carbocycles. The fourth-order valence-electron chi connectivity index (χ4n) is 2.22. The van der Waals surface area contributed by atoms with E-state index in [4.69, 9.17) is 11.0 Å². The third kappa shape index (κ3) is 3.75. The summed E-state index contributed by atoms with van der Waals surface area (Å²) in [5.41, 5.74) is 7.11. The number of anilines is 2. The van der Waals surface area contributed by atoms with E-state index in [0.717, 1.165) is 31.4 Å². The van der Waals surface area contributed by atoms with Crippen LogP contribution in [0.2, 0.25) is 0 Å². The average Bonchev–Trinajstić information content (AvgIpc) is 2.94. The van der Waals surface area contributed by atoms with Crippen LogP contribution in [0.4, 0.5) is 11.4 Å². The summed E-state index contributed by atoms with van der Waals surface area (Å²) in [7, 11) is 0. The van der Waals surface area contributed by atoms with Crippen molar-refractivity contribution in [3.63, 3.8) is 0 Å². The number of nitrogens with two attached hydrogens (primary N) is 1. The molecular formula is C15H18N4O. The molecule has 20 heavy (non-hydrogen) atoms. The van der Waals surface area contributed by atoms with Gasteiger partial charge in [0.1, 0.15) is 11.6 Å². The summed E-state index contributed by atoms with van der Waals surface area (Å²) in [6.07, 6.45) is 5.70. The first kappa shape index (κ1) is 13.9. The minimum Gasteiger partial charge on any atom is -0.399 e. The van der Waals surface area contributed by atoms with Crippen LogP contribution in [-0.4, -0.2) is 11.9 Å². The zero-order valence-corrected chi connectivity index (χ0v) is 11.2. The van der Waals surface area contributed by atoms with Crippen molar-refractivity contribution in [3.8, 4) is 6.07 Å². The van der Waals surface area contributed by atoms with Gasteiger partial charge in [-0.25, -0.2) is 0 Å². The summed E-state index contributed by atoms with van der Waals surface area (Å²) in [5.74, 6) is -0.317. The van der Waals surface area contributed by atoms with E-state index >= 15 is 0 Å². The lowest BCUT2D eigenvalue weighted by Gasteiger charge is -2.11. The lowest BCUT2D eigenvalue weighted by molar-refractivity contribution is -0.117. The van der Waals surface area contributed by atoms with E-state index in [1.807, 2.05) is 6.07 Å². The summed E-state index contributed by atoms with van der Waals surface area (Å²) in [6.45, 7) is 0. The SMILES string of the molecule is N#C/C(=C/Nc1ccc(N)cc1)C(=O)NC1CCCC1. The van der Waals surface area contributed by atoms with E-state index in [1.165, 1.54) is 6.20 Å². The van der Waals surface area contributed by atoms with Crippen molar-refractivity contribution in [3.05, 3.63) is 36.0 Å². The second-order valence-electron chi connectivity index (χ2n) is 4.89. The Balaban J connectivity index is 1.96. The molecule has 0 spiro atoms. The Morgan fingerprint density at radius 3 is 2.55 bits per heavy atom. The van der Waals surface area contributed by atoms with Gasteiger partial charge in [0.05, 0.1) is 0 Å². The van der Waals surface area contributed by atoms with E-state index in [2.05, 4.69) is 10.6 Å². The largest absolute Gasteiger partial charge is 0.399 e. The van der Waals surface area contributed by atoms with Crippen molar-refractivity contribution in [2.75, 3.05) is 11.1 Å². The van der Waals surface area contributed by atoms with E-state index in [9.17, 15) is 4.79 Å². The molecule has 0 radical (unpaired) electrons. The Morgan fingerprint density at radius 2 is 1.95 bits per heavy atom. The Bertz CT molecular complexity index is 536. The minimum absolute atomic E-state index is 0.0775. The van der Waals surface area contributed by atoms with Crippen LogP contribution in [0.15, 0.2) is 36.0 Å². The molecule has 0 saturated heterocycles. The molecule has 1 saturated carbocycles. The molecule has 1 fully saturated rings. The van der Waals surface area contributed by atoms with Crippen molar-refractivity contribution < 1.29 is 4.79 Å². The fourth-order valence-corrected chi connectivity index (χ4v) is 2.22. The molecule has 0 bridgehead atoms. The highest BCUT2D eigenvalue weighted by Crippen LogP contribution is 2.18. The van der Waals surface area contributed by atoms with Gasteiger partial charge in [-0.2, -0.15) is 5.26 Å². The van der Waals surface area contributed by atoms with Gasteiger partial charge in [-0.15, -0.1) is 0 Å². The van der Waals surface area contributed by atoms with Crippen LogP contribution in [0.1, 0.15) is 25.7 Å². The standard InChI is InChI=1S/C15H18N4O/c16-9-11(15(20)19-14-3-1-2-4-14)10-18-13-7-5-12(17)6-8-13/h5-8,10,14,18H,1-4,17H2,(H,19,20)/b11-10-. The van der Waals surface area contributed by atoms with Gasteiger partial charge in [-0.1, -0.05) is 12.8 Å². The van der Waals surface area contributed by atoms with E-state index in [-0.39, 0.29) is 17.5 Å². The maximum Gasteiger partial charge on any atom is 0.263 e. The van der Waals surface area contributed by atoms with Crippen molar-refractivity contribution in [1.82, 2.24) is 5.32 Å². The number of nitrogens with zero attached hydrogens (tertiary/aromatic N) is 1. The number of nitrogen functional groups attached to an aromatic ring is 1. The maximum atomic E-state index is 11.9. The Hall–Kier alpha value is -2.48. The third-order valence-electron chi connectivity index (χ3n) is 3.35. The smallest absolute Gasteiger partial charge is 0.263 e. The summed E-state index contributed by atoms with van der Waals surface area (Å²) in [4.78, 5) is 11.9. The van der Waals surface area contributed by atoms with Crippen LogP contribution < -0.4 is 16.4 Å². The molecule has 104 valence electrons. The number of carbonyl (C=O) groups is 1. The monoisotopic (exact) mass is 270 g/mol. The van der Waals surface area contributed by atoms with Crippen LogP contribution in [0.25, 0.3) is 0 Å². The molecule has 2 rings (SSSR count). The van der Waals surface area contributed by atoms with Crippen LogP contribution in [0, 0.1) is 11.3 Å². The first-order chi connectivity index (χ1) is 9.69. The normalized spacial score (nSPS) is 15.7. The van der Waals surface area contributed by atoms with Crippen LogP contribution >= 0.6 is 0 Å². The number of benzene rings is 1. The highest BCUT2D eigenvalue weighted by atomic mass is 16.1. The molecule has 1 aliphatic carbocycles. The molecule has 5 nitrogen and oxygen atoms in total. The fraction of sp³-hybridized carbons (Fsp3) is 0.333. The number of nitrogens with one attached hydrogen (secondary N) is 2. The highest BCUT2D eigenvalue weighted by Gasteiger charge is 2.19. The van der Waals surface area contributed by atoms with E-state index < -0.39 is 0 Å². The molecule has 0 aliphatic heterocycles. The van der Waals surface area contributed by atoms with Gasteiger partial charge in [0, 0.05) is 23.6 Å². The van der Waals surface area contributed by atoms with Crippen molar-refractivity contribution in [1.29, 1.82) is 5.26 Å². The van der Waals surface area contributed by atoms with E-state index in [0.29, 0.717) is 5.69 Å². The molecular weight excluding hydrogens is 252 g/mol. The van der Waals surface area contributed by atoms with Crippen LogP contribution in [0.3, 0.4) is 0 Å². The number of rotatable bonds is 4. The van der Waals surface area contributed by atoms with Gasteiger partial charge >= 0.3 is 0 Å². The van der Waals surface area contributed by atoms with Crippen molar-refractivity contribution >= 4 is 17.3 Å². The summed E-state index contributed by atoms with van der Waals surface area (Å²) in [6, 6.07) is 9.20. The van der Waals surface area contributed by atoms with Gasteiger partial charge in [-0.05, 0) is 37.1 Å². The van der Waals surface area contributed by atoms with Crippen LogP contribution in [-0.2, 0) is 4.79 Å². The number of amides is 1. The Kier molecular flexibility index (Phi) is 4.61. The topological polar surface area (TPSA) is 90.9 Å². The summed E-state index contributed by atoms with van der Waals surface area (Å²) >= 11 is 0. The predicted octanol–water partition coefficient (Wildman–Crippen LogP) is 2.15. The van der Waals surface area contributed by atoms with Gasteiger partial charge in [0.25, 0.3) is 5.91 Å². The molecule has 1 aromatic rings. The number of hydrogen-bond donors (Lipinski definition) is 3. The Labute approximate surface area is 118 Å². The predicted molar refractivity (Wildman–Crippen MR) is 78.6 cm³/mol. The quantitative estimate of drug-likeness (QED) is 0.444. The third-order valence-corrected chi connectivity index (χ3v) is 3.35. The van der Waals surface area contributed by atoms with Crippen LogP contribution in [0.5, 0.6) is 0 Å². The first-order valence-corrected chi connectivity index (χ1v) is 6.72. The van der Waals surface area contributed by atoms with Gasteiger partial charge < -0.3 is 16.4 Å². The minimum atomic E-state index is -0.317. The maximum absolute atomic E-state index is 11.9. The first-order valence-electron chi connectivity index (χ1n) is 6.72. The summed E-state index contributed by atoms with van der Waals surface area (Å²) in [5, 5.41) is 14.9. The number of nitriles is 1. The summed E-state index contributed by atoms with van der Waals surface area (Å²) < 4.78 is 0. The number of hydrogen-bond acceptors (Lipinski definition) is 4. The van der Waals surface area contributed by atoms with Crippen molar-refractivity contribution in [2.24, 2.45) is 0 Å². The molecule has 5 heteroatoms.